The van der Waals surface area contributed by atoms with Gasteiger partial charge in [0.1, 0.15) is 5.82 Å². The number of halogens is 1. The van der Waals surface area contributed by atoms with Crippen LogP contribution in [-0.2, 0) is 14.1 Å². The minimum atomic E-state index is -0.470. The van der Waals surface area contributed by atoms with Crippen LogP contribution in [0, 0.1) is 12.7 Å². The fourth-order valence-corrected chi connectivity index (χ4v) is 4.89. The van der Waals surface area contributed by atoms with Gasteiger partial charge in [-0.2, -0.15) is 0 Å². The molecule has 1 atom stereocenters. The summed E-state index contributed by atoms with van der Waals surface area (Å²) in [5.74, 6) is -0.452. The number of nitrogens with zero attached hydrogens (tertiary/aromatic N) is 3. The topological polar surface area (TPSA) is 61.0 Å². The lowest BCUT2D eigenvalue weighted by Gasteiger charge is -2.31. The Morgan fingerprint density at radius 1 is 1.00 bits per heavy atom. The molecule has 0 saturated heterocycles. The van der Waals surface area contributed by atoms with Crippen LogP contribution in [0.4, 0.5) is 4.39 Å². The zero-order valence-corrected chi connectivity index (χ0v) is 19.5. The minimum absolute atomic E-state index is 0.284. The normalized spacial score (nSPS) is 15.4. The highest BCUT2D eigenvalue weighted by atomic mass is 19.1. The standard InChI is InChI=1S/C27H25FN4O2/c1-6-20-16(3)29-22(17-13-11-15(2)12-14-17)25-24-21(26(33)31(5)27(34)30(24)4)23(32(20)25)18-9-7-8-10-19(18)28/h6-14,22,29H,1H2,2-5H3. The van der Waals surface area contributed by atoms with Gasteiger partial charge in [0.05, 0.1) is 34.0 Å². The molecule has 34 heavy (non-hydrogen) atoms. The number of allylic oxidation sites excluding steroid dienone is 3. The average molecular weight is 457 g/mol. The molecule has 7 heteroatoms. The summed E-state index contributed by atoms with van der Waals surface area (Å²) in [4.78, 5) is 26.5. The largest absolute Gasteiger partial charge is 0.375 e. The lowest BCUT2D eigenvalue weighted by molar-refractivity contribution is 0.623. The molecule has 2 aromatic carbocycles. The fraction of sp³-hybridized carbons (Fsp3) is 0.185. The number of nitrogens with one attached hydrogen (secondary N) is 1. The SMILES string of the molecule is C=CC1=C(C)NC(c2ccc(C)cc2)c2c3c(c(-c4ccccc4F)n21)c(=O)n(C)c(=O)n3C. The lowest BCUT2D eigenvalue weighted by Crippen LogP contribution is -2.37. The van der Waals surface area contributed by atoms with Gasteiger partial charge in [0.15, 0.2) is 0 Å². The van der Waals surface area contributed by atoms with Crippen molar-refractivity contribution in [3.05, 3.63) is 110 Å². The maximum atomic E-state index is 15.2. The van der Waals surface area contributed by atoms with E-state index in [1.807, 2.05) is 42.7 Å². The highest BCUT2D eigenvalue weighted by molar-refractivity contribution is 5.99. The monoisotopic (exact) mass is 456 g/mol. The van der Waals surface area contributed by atoms with Crippen molar-refractivity contribution in [2.75, 3.05) is 0 Å². The first-order chi connectivity index (χ1) is 16.3. The third-order valence-corrected chi connectivity index (χ3v) is 6.60. The summed E-state index contributed by atoms with van der Waals surface area (Å²) in [6, 6.07) is 14.1. The third-order valence-electron chi connectivity index (χ3n) is 6.60. The Balaban J connectivity index is 2.06. The van der Waals surface area contributed by atoms with Crippen LogP contribution < -0.4 is 16.6 Å². The van der Waals surface area contributed by atoms with E-state index >= 15 is 4.39 Å². The van der Waals surface area contributed by atoms with Crippen LogP contribution in [-0.4, -0.2) is 13.7 Å². The second-order valence-corrected chi connectivity index (χ2v) is 8.68. The number of rotatable bonds is 3. The van der Waals surface area contributed by atoms with Crippen LogP contribution in [0.2, 0.25) is 0 Å². The van der Waals surface area contributed by atoms with Crippen molar-refractivity contribution in [1.82, 2.24) is 19.0 Å². The first kappa shape index (κ1) is 21.7. The second-order valence-electron chi connectivity index (χ2n) is 8.68. The van der Waals surface area contributed by atoms with Gasteiger partial charge < -0.3 is 9.88 Å². The van der Waals surface area contributed by atoms with Gasteiger partial charge in [-0.1, -0.05) is 48.5 Å². The van der Waals surface area contributed by atoms with Crippen molar-refractivity contribution in [2.24, 2.45) is 14.1 Å². The minimum Gasteiger partial charge on any atom is -0.375 e. The molecule has 1 N–H and O–H groups in total. The molecule has 172 valence electrons. The van der Waals surface area contributed by atoms with Crippen LogP contribution in [0.25, 0.3) is 27.9 Å². The smallest absolute Gasteiger partial charge is 0.331 e. The molecule has 0 bridgehead atoms. The van der Waals surface area contributed by atoms with E-state index in [9.17, 15) is 9.59 Å². The van der Waals surface area contributed by atoms with Crippen LogP contribution in [0.15, 0.2) is 76.5 Å². The predicted molar refractivity (Wildman–Crippen MR) is 133 cm³/mol. The van der Waals surface area contributed by atoms with Gasteiger partial charge in [-0.15, -0.1) is 0 Å². The molecule has 1 aliphatic heterocycles. The zero-order chi connectivity index (χ0) is 24.3. The summed E-state index contributed by atoms with van der Waals surface area (Å²) in [5, 5.41) is 3.82. The zero-order valence-electron chi connectivity index (χ0n) is 19.5. The lowest BCUT2D eigenvalue weighted by atomic mass is 9.99. The summed E-state index contributed by atoms with van der Waals surface area (Å²) >= 11 is 0. The molecule has 0 fully saturated rings. The first-order valence-corrected chi connectivity index (χ1v) is 11.0. The molecule has 6 nitrogen and oxygen atoms in total. The highest BCUT2D eigenvalue weighted by Crippen LogP contribution is 2.43. The molecule has 1 unspecified atom stereocenters. The molecule has 2 aromatic heterocycles. The number of fused-ring (bicyclic) bond motifs is 3. The maximum absolute atomic E-state index is 15.2. The van der Waals surface area contributed by atoms with Gasteiger partial charge in [-0.25, -0.2) is 9.18 Å². The van der Waals surface area contributed by atoms with Crippen LogP contribution in [0.1, 0.15) is 29.8 Å². The van der Waals surface area contributed by atoms with Gasteiger partial charge >= 0.3 is 5.69 Å². The van der Waals surface area contributed by atoms with E-state index in [-0.39, 0.29) is 17.0 Å². The molecule has 4 aromatic rings. The van der Waals surface area contributed by atoms with Crippen LogP contribution in [0.3, 0.4) is 0 Å². The molecule has 0 saturated carbocycles. The number of hydrogen-bond acceptors (Lipinski definition) is 3. The van der Waals surface area contributed by atoms with E-state index < -0.39 is 17.1 Å². The Labute approximate surface area is 195 Å². The molecule has 5 rings (SSSR count). The molecule has 0 amide bonds. The quantitative estimate of drug-likeness (QED) is 0.502. The number of benzene rings is 2. The van der Waals surface area contributed by atoms with Crippen LogP contribution in [0.5, 0.6) is 0 Å². The number of aromatic nitrogens is 3. The maximum Gasteiger partial charge on any atom is 0.331 e. The summed E-state index contributed by atoms with van der Waals surface area (Å²) < 4.78 is 19.6. The summed E-state index contributed by atoms with van der Waals surface area (Å²) in [6.45, 7) is 7.93. The Morgan fingerprint density at radius 3 is 2.32 bits per heavy atom. The van der Waals surface area contributed by atoms with Gasteiger partial charge in [0.2, 0.25) is 0 Å². The van der Waals surface area contributed by atoms with Gasteiger partial charge in [0, 0.05) is 25.4 Å². The summed E-state index contributed by atoms with van der Waals surface area (Å²) in [7, 11) is 3.08. The number of aryl methyl sites for hydroxylation is 2. The number of hydrogen-bond donors (Lipinski definition) is 1. The van der Waals surface area contributed by atoms with Crippen molar-refractivity contribution >= 4 is 16.6 Å². The van der Waals surface area contributed by atoms with E-state index in [0.717, 1.165) is 21.4 Å². The first-order valence-electron chi connectivity index (χ1n) is 11.0. The van der Waals surface area contributed by atoms with Crippen molar-refractivity contribution in [2.45, 2.75) is 19.9 Å². The molecule has 3 heterocycles. The Hall–Kier alpha value is -4.13. The van der Waals surface area contributed by atoms with Crippen molar-refractivity contribution in [1.29, 1.82) is 0 Å². The van der Waals surface area contributed by atoms with E-state index in [1.165, 1.54) is 17.7 Å². The van der Waals surface area contributed by atoms with Gasteiger partial charge in [0.25, 0.3) is 5.56 Å². The Bertz CT molecular complexity index is 1630. The van der Waals surface area contributed by atoms with E-state index in [0.29, 0.717) is 22.6 Å². The molecule has 0 spiro atoms. The fourth-order valence-electron chi connectivity index (χ4n) is 4.89. The molecular weight excluding hydrogens is 431 g/mol. The highest BCUT2D eigenvalue weighted by Gasteiger charge is 2.35. The Morgan fingerprint density at radius 2 is 1.68 bits per heavy atom. The average Bonchev–Trinajstić information content (AvgIpc) is 3.17. The molecule has 1 aliphatic rings. The third kappa shape index (κ3) is 2.93. The second kappa shape index (κ2) is 7.73. The molecule has 0 aliphatic carbocycles. The molecular formula is C27H25FN4O2. The molecule has 0 radical (unpaired) electrons. The van der Waals surface area contributed by atoms with Crippen molar-refractivity contribution in [3.8, 4) is 11.3 Å². The predicted octanol–water partition coefficient (Wildman–Crippen LogP) is 4.22. The van der Waals surface area contributed by atoms with E-state index in [1.54, 1.807) is 31.3 Å². The Kier molecular flexibility index (Phi) is 4.93. The van der Waals surface area contributed by atoms with Crippen molar-refractivity contribution < 1.29 is 4.39 Å². The van der Waals surface area contributed by atoms with E-state index in [4.69, 9.17) is 0 Å². The van der Waals surface area contributed by atoms with Crippen molar-refractivity contribution in [3.63, 3.8) is 0 Å². The van der Waals surface area contributed by atoms with Gasteiger partial charge in [-0.05, 0) is 37.6 Å². The summed E-state index contributed by atoms with van der Waals surface area (Å²) in [6.07, 6.45) is 1.68. The summed E-state index contributed by atoms with van der Waals surface area (Å²) in [5.41, 5.74) is 4.54. The van der Waals surface area contributed by atoms with Crippen LogP contribution >= 0.6 is 0 Å². The van der Waals surface area contributed by atoms with E-state index in [2.05, 4.69) is 11.9 Å². The van der Waals surface area contributed by atoms with Gasteiger partial charge in [-0.3, -0.25) is 13.9 Å².